The third kappa shape index (κ3) is 3.52. The van der Waals surface area contributed by atoms with E-state index in [0.717, 1.165) is 0 Å². The molecule has 11 heteroatoms. The second-order valence-corrected chi connectivity index (χ2v) is 6.39. The lowest BCUT2D eigenvalue weighted by molar-refractivity contribution is -0.331. The molecule has 2 bridgehead atoms. The number of hydrogen-bond acceptors (Lipinski definition) is 10. The minimum absolute atomic E-state index is 0.0971. The molecule has 3 aliphatic rings. The Hall–Kier alpha value is -0.890. The summed E-state index contributed by atoms with van der Waals surface area (Å²) < 4.78 is 21.8. The van der Waals surface area contributed by atoms with Gasteiger partial charge in [-0.25, -0.2) is 0 Å². The van der Waals surface area contributed by atoms with Crippen molar-refractivity contribution in [2.24, 2.45) is 0 Å². The third-order valence-corrected chi connectivity index (χ3v) is 4.61. The van der Waals surface area contributed by atoms with Crippen LogP contribution in [0.3, 0.4) is 0 Å². The molecular formula is C14H23NO10. The van der Waals surface area contributed by atoms with E-state index in [1.807, 2.05) is 0 Å². The number of aliphatic hydroxyl groups excluding tert-OH is 5. The first-order chi connectivity index (χ1) is 11.8. The van der Waals surface area contributed by atoms with Gasteiger partial charge in [0, 0.05) is 6.92 Å². The van der Waals surface area contributed by atoms with Crippen molar-refractivity contribution in [2.45, 2.75) is 68.3 Å². The lowest BCUT2D eigenvalue weighted by Gasteiger charge is -2.44. The lowest BCUT2D eigenvalue weighted by atomic mass is 9.97. The first kappa shape index (κ1) is 18.9. The average Bonchev–Trinajstić information content (AvgIpc) is 3.01. The van der Waals surface area contributed by atoms with Crippen molar-refractivity contribution in [3.63, 3.8) is 0 Å². The van der Waals surface area contributed by atoms with Crippen molar-refractivity contribution >= 4 is 5.91 Å². The molecule has 1 amide bonds. The fourth-order valence-electron chi connectivity index (χ4n) is 3.28. The molecule has 0 radical (unpaired) electrons. The SMILES string of the molecule is CC(=O)N[C@H]1[C@@H]2OC[C@@H](O2)[C@@H](O[C@@H]2O[C@@H](CO)[C@@H](O)[C@H](O)[C@H]2O)[C@@H]1O. The summed E-state index contributed by atoms with van der Waals surface area (Å²) >= 11 is 0. The van der Waals surface area contributed by atoms with Gasteiger partial charge in [-0.3, -0.25) is 4.79 Å². The third-order valence-electron chi connectivity index (χ3n) is 4.61. The van der Waals surface area contributed by atoms with Crippen LogP contribution in [-0.2, 0) is 23.7 Å². The van der Waals surface area contributed by atoms with E-state index < -0.39 is 73.9 Å². The zero-order valence-corrected chi connectivity index (χ0v) is 13.5. The molecule has 144 valence electrons. The number of carbonyl (C=O) groups excluding carboxylic acids is 1. The van der Waals surface area contributed by atoms with Gasteiger partial charge in [-0.1, -0.05) is 0 Å². The Morgan fingerprint density at radius 1 is 1.12 bits per heavy atom. The predicted molar refractivity (Wildman–Crippen MR) is 76.9 cm³/mol. The first-order valence-electron chi connectivity index (χ1n) is 8.01. The molecule has 0 aromatic heterocycles. The number of carbonyl (C=O) groups is 1. The molecule has 3 fully saturated rings. The number of amides is 1. The molecule has 11 nitrogen and oxygen atoms in total. The molecule has 6 N–H and O–H groups in total. The van der Waals surface area contributed by atoms with Crippen LogP contribution in [0.25, 0.3) is 0 Å². The van der Waals surface area contributed by atoms with Gasteiger partial charge < -0.3 is 49.8 Å². The quantitative estimate of drug-likeness (QED) is 0.287. The van der Waals surface area contributed by atoms with E-state index in [0.29, 0.717) is 0 Å². The highest BCUT2D eigenvalue weighted by Gasteiger charge is 2.54. The van der Waals surface area contributed by atoms with Crippen molar-refractivity contribution in [2.75, 3.05) is 13.2 Å². The molecule has 0 saturated carbocycles. The van der Waals surface area contributed by atoms with Crippen LogP contribution in [0.4, 0.5) is 0 Å². The topological polar surface area (TPSA) is 167 Å². The smallest absolute Gasteiger partial charge is 0.217 e. The summed E-state index contributed by atoms with van der Waals surface area (Å²) in [5, 5.41) is 51.9. The minimum Gasteiger partial charge on any atom is -0.394 e. The van der Waals surface area contributed by atoms with Gasteiger partial charge in [-0.2, -0.15) is 0 Å². The summed E-state index contributed by atoms with van der Waals surface area (Å²) in [6, 6.07) is -0.883. The molecular weight excluding hydrogens is 342 g/mol. The number of rotatable bonds is 4. The zero-order valence-electron chi connectivity index (χ0n) is 13.5. The Labute approximate surface area is 143 Å². The van der Waals surface area contributed by atoms with Crippen molar-refractivity contribution in [1.29, 1.82) is 0 Å². The van der Waals surface area contributed by atoms with Gasteiger partial charge >= 0.3 is 0 Å². The summed E-state index contributed by atoms with van der Waals surface area (Å²) in [6.45, 7) is 0.777. The van der Waals surface area contributed by atoms with E-state index in [2.05, 4.69) is 5.32 Å². The molecule has 3 rings (SSSR count). The number of aliphatic hydroxyl groups is 5. The molecule has 3 aliphatic heterocycles. The van der Waals surface area contributed by atoms with Gasteiger partial charge in [0.1, 0.15) is 48.8 Å². The molecule has 0 aromatic rings. The molecule has 0 aromatic carbocycles. The Balaban J connectivity index is 1.73. The predicted octanol–water partition coefficient (Wildman–Crippen LogP) is -4.21. The molecule has 3 saturated heterocycles. The maximum Gasteiger partial charge on any atom is 0.217 e. The lowest BCUT2D eigenvalue weighted by Crippen LogP contribution is -2.64. The van der Waals surface area contributed by atoms with Gasteiger partial charge in [0.15, 0.2) is 12.6 Å². The monoisotopic (exact) mass is 365 g/mol. The van der Waals surface area contributed by atoms with Crippen molar-refractivity contribution in [1.82, 2.24) is 5.32 Å². The second kappa shape index (κ2) is 7.39. The van der Waals surface area contributed by atoms with Crippen LogP contribution in [0.15, 0.2) is 0 Å². The number of nitrogens with one attached hydrogen (secondary N) is 1. The summed E-state index contributed by atoms with van der Waals surface area (Å²) in [6.07, 6.45) is -11.0. The summed E-state index contributed by atoms with van der Waals surface area (Å²) in [5.41, 5.74) is 0. The zero-order chi connectivity index (χ0) is 18.3. The van der Waals surface area contributed by atoms with Crippen molar-refractivity contribution in [3.8, 4) is 0 Å². The van der Waals surface area contributed by atoms with Crippen molar-refractivity contribution < 1.29 is 49.3 Å². The van der Waals surface area contributed by atoms with Crippen molar-refractivity contribution in [3.05, 3.63) is 0 Å². The van der Waals surface area contributed by atoms with Crippen LogP contribution < -0.4 is 5.32 Å². The van der Waals surface area contributed by atoms with E-state index in [4.69, 9.17) is 18.9 Å². The maximum absolute atomic E-state index is 11.3. The highest BCUT2D eigenvalue weighted by atomic mass is 16.8. The minimum atomic E-state index is -1.61. The van der Waals surface area contributed by atoms with Gasteiger partial charge in [0.05, 0.1) is 13.2 Å². The fourth-order valence-corrected chi connectivity index (χ4v) is 3.28. The summed E-state index contributed by atoms with van der Waals surface area (Å²) in [5.74, 6) is -0.395. The normalized spacial score (nSPS) is 49.8. The first-order valence-corrected chi connectivity index (χ1v) is 8.01. The van der Waals surface area contributed by atoms with Crippen LogP contribution >= 0.6 is 0 Å². The highest BCUT2D eigenvalue weighted by molar-refractivity contribution is 5.73. The maximum atomic E-state index is 11.3. The number of hydrogen-bond donors (Lipinski definition) is 6. The molecule has 0 spiro atoms. The summed E-state index contributed by atoms with van der Waals surface area (Å²) in [4.78, 5) is 11.3. The Bertz CT molecular complexity index is 490. The van der Waals surface area contributed by atoms with Crippen LogP contribution in [-0.4, -0.2) is 106 Å². The molecule has 0 aliphatic carbocycles. The number of ether oxygens (including phenoxy) is 4. The summed E-state index contributed by atoms with van der Waals surface area (Å²) in [7, 11) is 0. The number of fused-ring (bicyclic) bond motifs is 2. The van der Waals surface area contributed by atoms with Crippen LogP contribution in [0.2, 0.25) is 0 Å². The van der Waals surface area contributed by atoms with Crippen LogP contribution in [0.1, 0.15) is 6.92 Å². The van der Waals surface area contributed by atoms with Gasteiger partial charge in [0.2, 0.25) is 5.91 Å². The molecule has 25 heavy (non-hydrogen) atoms. The van der Waals surface area contributed by atoms with E-state index >= 15 is 0 Å². The molecule has 10 atom stereocenters. The van der Waals surface area contributed by atoms with Gasteiger partial charge in [-0.05, 0) is 0 Å². The van der Waals surface area contributed by atoms with Crippen LogP contribution in [0.5, 0.6) is 0 Å². The Morgan fingerprint density at radius 3 is 2.48 bits per heavy atom. The highest BCUT2D eigenvalue weighted by Crippen LogP contribution is 2.33. The average molecular weight is 365 g/mol. The van der Waals surface area contributed by atoms with E-state index in [9.17, 15) is 30.3 Å². The molecule has 0 unspecified atom stereocenters. The standard InChI is InChI=1S/C14H23NO10/c1-4(17)15-7-9(19)12(6-3-22-13(7)24-6)25-14-11(21)10(20)8(18)5(2-16)23-14/h5-14,16,18-21H,2-3H2,1H3,(H,15,17)/t5-,6+,7+,8+,9+,10-,11+,12+,13+,14-/m0/s1. The Kier molecular flexibility index (Phi) is 5.58. The van der Waals surface area contributed by atoms with Gasteiger partial charge in [-0.15, -0.1) is 0 Å². The van der Waals surface area contributed by atoms with E-state index in [1.54, 1.807) is 0 Å². The largest absolute Gasteiger partial charge is 0.394 e. The van der Waals surface area contributed by atoms with E-state index in [-0.39, 0.29) is 6.61 Å². The van der Waals surface area contributed by atoms with E-state index in [1.165, 1.54) is 6.92 Å². The van der Waals surface area contributed by atoms with Gasteiger partial charge in [0.25, 0.3) is 0 Å². The Morgan fingerprint density at radius 2 is 1.84 bits per heavy atom. The second-order valence-electron chi connectivity index (χ2n) is 6.39. The fraction of sp³-hybridized carbons (Fsp3) is 0.929. The van der Waals surface area contributed by atoms with Crippen LogP contribution in [0, 0.1) is 0 Å². The molecule has 3 heterocycles.